The molecule has 1 aliphatic rings. The van der Waals surface area contributed by atoms with Crippen molar-refractivity contribution in [3.63, 3.8) is 0 Å². The third-order valence-electron chi connectivity index (χ3n) is 5.90. The SMILES string of the molecule is C[C@@H]1C[C@H](Nc2cc(-n3ccc4c(cnn4Cc4c(F)cccc4F)c3=O)c(F)cn2)COCO1. The van der Waals surface area contributed by atoms with Crippen molar-refractivity contribution in [3.8, 4) is 5.69 Å². The lowest BCUT2D eigenvalue weighted by Gasteiger charge is -2.18. The first-order valence-electron chi connectivity index (χ1n) is 11.0. The van der Waals surface area contributed by atoms with Gasteiger partial charge in [0.2, 0.25) is 0 Å². The molecule has 1 aliphatic heterocycles. The normalized spacial score (nSPS) is 18.5. The molecule has 182 valence electrons. The summed E-state index contributed by atoms with van der Waals surface area (Å²) in [6.45, 7) is 2.33. The van der Waals surface area contributed by atoms with Crippen LogP contribution in [0.4, 0.5) is 19.0 Å². The van der Waals surface area contributed by atoms with Crippen LogP contribution in [0, 0.1) is 17.5 Å². The van der Waals surface area contributed by atoms with Gasteiger partial charge in [0.15, 0.2) is 5.82 Å². The van der Waals surface area contributed by atoms with Crippen LogP contribution in [0.3, 0.4) is 0 Å². The zero-order chi connectivity index (χ0) is 24.5. The lowest BCUT2D eigenvalue weighted by atomic mass is 10.1. The van der Waals surface area contributed by atoms with Crippen molar-refractivity contribution in [1.29, 1.82) is 0 Å². The van der Waals surface area contributed by atoms with Crippen LogP contribution in [-0.2, 0) is 16.0 Å². The molecule has 4 aromatic rings. The quantitative estimate of drug-likeness (QED) is 0.465. The van der Waals surface area contributed by atoms with E-state index in [2.05, 4.69) is 15.4 Å². The molecule has 8 nitrogen and oxygen atoms in total. The van der Waals surface area contributed by atoms with Gasteiger partial charge in [0.1, 0.15) is 24.2 Å². The number of pyridine rings is 2. The minimum atomic E-state index is -0.707. The fraction of sp³-hybridized carbons (Fsp3) is 0.292. The maximum atomic E-state index is 14.7. The third-order valence-corrected chi connectivity index (χ3v) is 5.90. The van der Waals surface area contributed by atoms with Crippen LogP contribution in [0.5, 0.6) is 0 Å². The molecule has 0 unspecified atom stereocenters. The number of aromatic nitrogens is 4. The highest BCUT2D eigenvalue weighted by Crippen LogP contribution is 2.21. The molecule has 5 rings (SSSR count). The fourth-order valence-corrected chi connectivity index (χ4v) is 4.12. The Kier molecular flexibility index (Phi) is 6.27. The first-order chi connectivity index (χ1) is 16.9. The van der Waals surface area contributed by atoms with E-state index in [9.17, 15) is 18.0 Å². The lowest BCUT2D eigenvalue weighted by molar-refractivity contribution is -0.0614. The van der Waals surface area contributed by atoms with Gasteiger partial charge in [-0.15, -0.1) is 0 Å². The van der Waals surface area contributed by atoms with Crippen molar-refractivity contribution in [2.45, 2.75) is 32.0 Å². The third kappa shape index (κ3) is 4.64. The summed E-state index contributed by atoms with van der Waals surface area (Å²) in [5.74, 6) is -1.73. The number of fused-ring (bicyclic) bond motifs is 1. The van der Waals surface area contributed by atoms with Crippen LogP contribution in [0.1, 0.15) is 18.9 Å². The smallest absolute Gasteiger partial charge is 0.266 e. The number of rotatable bonds is 5. The van der Waals surface area contributed by atoms with Gasteiger partial charge < -0.3 is 14.8 Å². The first-order valence-corrected chi connectivity index (χ1v) is 11.0. The summed E-state index contributed by atoms with van der Waals surface area (Å²) in [5.41, 5.74) is -0.328. The van der Waals surface area contributed by atoms with Gasteiger partial charge in [0.25, 0.3) is 5.56 Å². The molecule has 0 spiro atoms. The number of hydrogen-bond donors (Lipinski definition) is 1. The molecular formula is C24H22F3N5O3. The molecule has 35 heavy (non-hydrogen) atoms. The van der Waals surface area contributed by atoms with Crippen molar-refractivity contribution in [1.82, 2.24) is 19.3 Å². The van der Waals surface area contributed by atoms with Crippen molar-refractivity contribution in [2.75, 3.05) is 18.7 Å². The molecule has 11 heteroatoms. The molecule has 4 heterocycles. The minimum absolute atomic E-state index is 0.00105. The van der Waals surface area contributed by atoms with E-state index in [1.54, 1.807) is 6.07 Å². The number of hydrogen-bond acceptors (Lipinski definition) is 6. The Morgan fingerprint density at radius 1 is 1.14 bits per heavy atom. The summed E-state index contributed by atoms with van der Waals surface area (Å²) >= 11 is 0. The maximum absolute atomic E-state index is 14.7. The number of nitrogens with one attached hydrogen (secondary N) is 1. The van der Waals surface area contributed by atoms with E-state index >= 15 is 0 Å². The van der Waals surface area contributed by atoms with E-state index < -0.39 is 23.0 Å². The van der Waals surface area contributed by atoms with Gasteiger partial charge in [-0.1, -0.05) is 6.07 Å². The molecule has 0 amide bonds. The minimum Gasteiger partial charge on any atom is -0.365 e. The highest BCUT2D eigenvalue weighted by molar-refractivity contribution is 5.78. The zero-order valence-corrected chi connectivity index (χ0v) is 18.7. The van der Waals surface area contributed by atoms with E-state index in [-0.39, 0.29) is 42.1 Å². The predicted molar refractivity (Wildman–Crippen MR) is 122 cm³/mol. The summed E-state index contributed by atoms with van der Waals surface area (Å²) in [4.78, 5) is 17.3. The van der Waals surface area contributed by atoms with E-state index in [4.69, 9.17) is 9.47 Å². The average molecular weight is 485 g/mol. The number of nitrogens with zero attached hydrogens (tertiary/aromatic N) is 4. The molecule has 1 fully saturated rings. The second kappa shape index (κ2) is 9.51. The Morgan fingerprint density at radius 3 is 2.74 bits per heavy atom. The van der Waals surface area contributed by atoms with Crippen LogP contribution < -0.4 is 10.9 Å². The topological polar surface area (TPSA) is 83.2 Å². The molecule has 1 saturated heterocycles. The van der Waals surface area contributed by atoms with Crippen LogP contribution >= 0.6 is 0 Å². The fourth-order valence-electron chi connectivity index (χ4n) is 4.12. The van der Waals surface area contributed by atoms with Gasteiger partial charge in [-0.3, -0.25) is 14.0 Å². The van der Waals surface area contributed by atoms with Crippen LogP contribution in [0.25, 0.3) is 16.6 Å². The largest absolute Gasteiger partial charge is 0.365 e. The number of halogens is 3. The summed E-state index contributed by atoms with van der Waals surface area (Å²) in [5, 5.41) is 7.51. The molecule has 1 N–H and O–H groups in total. The number of anilines is 1. The van der Waals surface area contributed by atoms with Gasteiger partial charge >= 0.3 is 0 Å². The molecule has 0 saturated carbocycles. The zero-order valence-electron chi connectivity index (χ0n) is 18.7. The van der Waals surface area contributed by atoms with Crippen LogP contribution in [-0.4, -0.2) is 44.9 Å². The molecule has 1 aromatic carbocycles. The van der Waals surface area contributed by atoms with Gasteiger partial charge in [-0.2, -0.15) is 5.10 Å². The van der Waals surface area contributed by atoms with Crippen molar-refractivity contribution in [2.24, 2.45) is 0 Å². The Labute approximate surface area is 197 Å². The highest BCUT2D eigenvalue weighted by atomic mass is 19.1. The second-order valence-corrected chi connectivity index (χ2v) is 8.36. The van der Waals surface area contributed by atoms with E-state index in [1.165, 1.54) is 29.2 Å². The number of ether oxygens (including phenoxy) is 2. The van der Waals surface area contributed by atoms with E-state index in [1.807, 2.05) is 6.92 Å². The molecule has 3 aromatic heterocycles. The summed E-state index contributed by atoms with van der Waals surface area (Å²) in [6, 6.07) is 6.48. The van der Waals surface area contributed by atoms with Gasteiger partial charge in [-0.25, -0.2) is 18.2 Å². The second-order valence-electron chi connectivity index (χ2n) is 8.36. The average Bonchev–Trinajstić information content (AvgIpc) is 3.13. The van der Waals surface area contributed by atoms with Crippen LogP contribution in [0.15, 0.2) is 53.7 Å². The number of benzene rings is 1. The molecule has 2 atom stereocenters. The molecule has 0 bridgehead atoms. The predicted octanol–water partition coefficient (Wildman–Crippen LogP) is 3.61. The Hall–Kier alpha value is -3.70. The maximum Gasteiger partial charge on any atom is 0.266 e. The standard InChI is InChI=1S/C24H22F3N5O3/c1-14-7-15(12-34-13-35-14)30-23-8-22(20(27)10-28-23)31-6-5-21-16(24(31)33)9-29-32(21)11-17-18(25)3-2-4-19(17)26/h2-6,8-10,14-15H,7,11-13H2,1H3,(H,28,30)/t14-,15+/m1/s1. The monoisotopic (exact) mass is 485 g/mol. The molecular weight excluding hydrogens is 463 g/mol. The van der Waals surface area contributed by atoms with Crippen molar-refractivity contribution < 1.29 is 22.6 Å². The van der Waals surface area contributed by atoms with Gasteiger partial charge in [-0.05, 0) is 31.5 Å². The highest BCUT2D eigenvalue weighted by Gasteiger charge is 2.20. The summed E-state index contributed by atoms with van der Waals surface area (Å²) < 4.78 is 56.2. The Balaban J connectivity index is 1.47. The van der Waals surface area contributed by atoms with Crippen LogP contribution in [0.2, 0.25) is 0 Å². The van der Waals surface area contributed by atoms with Crippen molar-refractivity contribution in [3.05, 3.63) is 82.3 Å². The van der Waals surface area contributed by atoms with E-state index in [0.29, 0.717) is 24.4 Å². The molecule has 0 radical (unpaired) electrons. The van der Waals surface area contributed by atoms with Gasteiger partial charge in [0.05, 0.1) is 54.3 Å². The summed E-state index contributed by atoms with van der Waals surface area (Å²) in [7, 11) is 0. The summed E-state index contributed by atoms with van der Waals surface area (Å²) in [6.07, 6.45) is 4.38. The Bertz CT molecular complexity index is 1420. The van der Waals surface area contributed by atoms with Crippen molar-refractivity contribution >= 4 is 16.7 Å². The first kappa shape index (κ1) is 23.1. The lowest BCUT2D eigenvalue weighted by Crippen LogP contribution is -2.27. The molecule has 0 aliphatic carbocycles. The Morgan fingerprint density at radius 2 is 1.94 bits per heavy atom. The van der Waals surface area contributed by atoms with E-state index in [0.717, 1.165) is 22.9 Å². The van der Waals surface area contributed by atoms with Gasteiger partial charge in [0, 0.05) is 17.8 Å².